The summed E-state index contributed by atoms with van der Waals surface area (Å²) in [5, 5.41) is 0. The first-order chi connectivity index (χ1) is 9.56. The number of nitrogens with one attached hydrogen (secondary N) is 1. The largest absolute Gasteiger partial charge is 0.497 e. The zero-order valence-corrected chi connectivity index (χ0v) is 11.8. The molecule has 0 spiro atoms. The Morgan fingerprint density at radius 2 is 1.90 bits per heavy atom. The van der Waals surface area contributed by atoms with Crippen molar-refractivity contribution >= 4 is 0 Å². The fourth-order valence-electron chi connectivity index (χ4n) is 2.22. The van der Waals surface area contributed by atoms with Crippen LogP contribution in [0.5, 0.6) is 5.75 Å². The lowest BCUT2D eigenvalue weighted by molar-refractivity contribution is 0.410. The van der Waals surface area contributed by atoms with E-state index in [0.717, 1.165) is 17.0 Å². The Morgan fingerprint density at radius 3 is 2.45 bits per heavy atom. The number of pyridine rings is 1. The molecule has 20 heavy (non-hydrogen) atoms. The van der Waals surface area contributed by atoms with E-state index < -0.39 is 6.04 Å². The molecule has 106 valence electrons. The molecule has 2 aromatic rings. The summed E-state index contributed by atoms with van der Waals surface area (Å²) in [7, 11) is 1.50. The molecular formula is C15H18FN3O. The molecule has 1 heterocycles. The van der Waals surface area contributed by atoms with Crippen molar-refractivity contribution in [1.82, 2.24) is 10.4 Å². The molecule has 2 rings (SSSR count). The predicted molar refractivity (Wildman–Crippen MR) is 75.8 cm³/mol. The van der Waals surface area contributed by atoms with Gasteiger partial charge >= 0.3 is 0 Å². The van der Waals surface area contributed by atoms with E-state index in [1.54, 1.807) is 12.1 Å². The lowest BCUT2D eigenvalue weighted by Gasteiger charge is -2.19. The van der Waals surface area contributed by atoms with Crippen LogP contribution in [-0.4, -0.2) is 12.1 Å². The topological polar surface area (TPSA) is 60.2 Å². The lowest BCUT2D eigenvalue weighted by Crippen LogP contribution is -2.30. The van der Waals surface area contributed by atoms with Crippen molar-refractivity contribution in [3.05, 3.63) is 58.7 Å². The lowest BCUT2D eigenvalue weighted by atomic mass is 9.97. The number of ether oxygens (including phenoxy) is 1. The summed E-state index contributed by atoms with van der Waals surface area (Å²) in [5.41, 5.74) is 5.70. The van der Waals surface area contributed by atoms with Crippen molar-refractivity contribution in [2.75, 3.05) is 7.11 Å². The molecule has 0 saturated heterocycles. The number of nitrogens with zero attached hydrogens (tertiary/aromatic N) is 1. The van der Waals surface area contributed by atoms with Gasteiger partial charge in [0.1, 0.15) is 11.6 Å². The SMILES string of the molecule is COc1ccc(C(NN)c2ccc(C)nc2C)c(F)c1. The Morgan fingerprint density at radius 1 is 1.20 bits per heavy atom. The molecule has 0 aliphatic rings. The molecule has 0 fully saturated rings. The minimum atomic E-state index is -0.450. The first-order valence-corrected chi connectivity index (χ1v) is 6.30. The summed E-state index contributed by atoms with van der Waals surface area (Å²) in [4.78, 5) is 4.39. The summed E-state index contributed by atoms with van der Waals surface area (Å²) in [5.74, 6) is 5.71. The van der Waals surface area contributed by atoms with Gasteiger partial charge in [-0.25, -0.2) is 9.82 Å². The Kier molecular flexibility index (Phi) is 4.32. The number of aromatic nitrogens is 1. The van der Waals surface area contributed by atoms with Crippen molar-refractivity contribution < 1.29 is 9.13 Å². The molecule has 0 aliphatic carbocycles. The maximum atomic E-state index is 14.2. The summed E-state index contributed by atoms with van der Waals surface area (Å²) < 4.78 is 19.2. The third kappa shape index (κ3) is 2.79. The zero-order chi connectivity index (χ0) is 14.7. The highest BCUT2D eigenvalue weighted by Gasteiger charge is 2.19. The number of rotatable bonds is 4. The Balaban J connectivity index is 2.47. The maximum absolute atomic E-state index is 14.2. The van der Waals surface area contributed by atoms with Crippen LogP contribution < -0.4 is 16.0 Å². The molecule has 0 saturated carbocycles. The van der Waals surface area contributed by atoms with Gasteiger partial charge in [-0.15, -0.1) is 0 Å². The molecule has 4 nitrogen and oxygen atoms in total. The van der Waals surface area contributed by atoms with Gasteiger partial charge in [0.05, 0.1) is 13.2 Å². The minimum absolute atomic E-state index is 0.368. The number of benzene rings is 1. The fourth-order valence-corrected chi connectivity index (χ4v) is 2.22. The van der Waals surface area contributed by atoms with E-state index in [4.69, 9.17) is 10.6 Å². The predicted octanol–water partition coefficient (Wildman–Crippen LogP) is 2.40. The smallest absolute Gasteiger partial charge is 0.132 e. The number of methoxy groups -OCH3 is 1. The monoisotopic (exact) mass is 275 g/mol. The third-order valence-electron chi connectivity index (χ3n) is 3.26. The Hall–Kier alpha value is -1.98. The number of hydrogen-bond acceptors (Lipinski definition) is 4. The van der Waals surface area contributed by atoms with Gasteiger partial charge in [0, 0.05) is 23.0 Å². The minimum Gasteiger partial charge on any atom is -0.497 e. The number of halogens is 1. The standard InChI is InChI=1S/C15H18FN3O/c1-9-4-6-12(10(2)18-9)15(19-17)13-7-5-11(20-3)8-14(13)16/h4-8,15,19H,17H2,1-3H3. The van der Waals surface area contributed by atoms with E-state index >= 15 is 0 Å². The van der Waals surface area contributed by atoms with Gasteiger partial charge in [-0.2, -0.15) is 0 Å². The molecule has 1 atom stereocenters. The maximum Gasteiger partial charge on any atom is 0.132 e. The van der Waals surface area contributed by atoms with Crippen molar-refractivity contribution in [2.45, 2.75) is 19.9 Å². The Bertz CT molecular complexity index is 616. The van der Waals surface area contributed by atoms with E-state index in [1.165, 1.54) is 13.2 Å². The van der Waals surface area contributed by atoms with E-state index in [1.807, 2.05) is 26.0 Å². The molecule has 5 heteroatoms. The van der Waals surface area contributed by atoms with Crippen LogP contribution in [0.15, 0.2) is 30.3 Å². The van der Waals surface area contributed by atoms with Gasteiger partial charge in [0.15, 0.2) is 0 Å². The highest BCUT2D eigenvalue weighted by atomic mass is 19.1. The quantitative estimate of drug-likeness (QED) is 0.664. The van der Waals surface area contributed by atoms with E-state index in [2.05, 4.69) is 10.4 Å². The number of hydrazine groups is 1. The van der Waals surface area contributed by atoms with Crippen molar-refractivity contribution in [1.29, 1.82) is 0 Å². The average Bonchev–Trinajstić information content (AvgIpc) is 2.43. The summed E-state index contributed by atoms with van der Waals surface area (Å²) >= 11 is 0. The Labute approximate surface area is 117 Å². The van der Waals surface area contributed by atoms with Gasteiger partial charge < -0.3 is 4.74 Å². The first-order valence-electron chi connectivity index (χ1n) is 6.30. The van der Waals surface area contributed by atoms with Gasteiger partial charge in [-0.05, 0) is 31.5 Å². The van der Waals surface area contributed by atoms with Crippen LogP contribution >= 0.6 is 0 Å². The molecule has 0 aliphatic heterocycles. The van der Waals surface area contributed by atoms with E-state index in [0.29, 0.717) is 11.3 Å². The summed E-state index contributed by atoms with van der Waals surface area (Å²) in [6.07, 6.45) is 0. The second-order valence-corrected chi connectivity index (χ2v) is 4.61. The molecule has 1 aromatic carbocycles. The zero-order valence-electron chi connectivity index (χ0n) is 11.8. The molecule has 0 amide bonds. The van der Waals surface area contributed by atoms with Crippen LogP contribution in [0.3, 0.4) is 0 Å². The summed E-state index contributed by atoms with van der Waals surface area (Å²) in [6.45, 7) is 3.80. The van der Waals surface area contributed by atoms with Gasteiger partial charge in [0.25, 0.3) is 0 Å². The third-order valence-corrected chi connectivity index (χ3v) is 3.26. The highest BCUT2D eigenvalue weighted by Crippen LogP contribution is 2.28. The molecular weight excluding hydrogens is 257 g/mol. The molecule has 0 bridgehead atoms. The average molecular weight is 275 g/mol. The molecule has 3 N–H and O–H groups in total. The van der Waals surface area contributed by atoms with Crippen LogP contribution in [0.4, 0.5) is 4.39 Å². The van der Waals surface area contributed by atoms with Crippen molar-refractivity contribution in [3.63, 3.8) is 0 Å². The normalized spacial score (nSPS) is 12.2. The van der Waals surface area contributed by atoms with Crippen molar-refractivity contribution in [2.24, 2.45) is 5.84 Å². The summed E-state index contributed by atoms with van der Waals surface area (Å²) in [6, 6.07) is 8.06. The fraction of sp³-hybridized carbons (Fsp3) is 0.267. The van der Waals surface area contributed by atoms with Crippen LogP contribution in [0.2, 0.25) is 0 Å². The van der Waals surface area contributed by atoms with Gasteiger partial charge in [0.2, 0.25) is 0 Å². The number of nitrogens with two attached hydrogens (primary N) is 1. The van der Waals surface area contributed by atoms with Crippen LogP contribution in [0, 0.1) is 19.7 Å². The van der Waals surface area contributed by atoms with Crippen molar-refractivity contribution in [3.8, 4) is 5.75 Å². The first kappa shape index (κ1) is 14.4. The van der Waals surface area contributed by atoms with Gasteiger partial charge in [-0.3, -0.25) is 10.8 Å². The van der Waals surface area contributed by atoms with Crippen LogP contribution in [-0.2, 0) is 0 Å². The van der Waals surface area contributed by atoms with E-state index in [9.17, 15) is 4.39 Å². The van der Waals surface area contributed by atoms with Gasteiger partial charge in [-0.1, -0.05) is 12.1 Å². The second-order valence-electron chi connectivity index (χ2n) is 4.61. The molecule has 0 radical (unpaired) electrons. The van der Waals surface area contributed by atoms with Crippen LogP contribution in [0.25, 0.3) is 0 Å². The number of aryl methyl sites for hydroxylation is 2. The highest BCUT2D eigenvalue weighted by molar-refractivity contribution is 5.38. The van der Waals surface area contributed by atoms with Crippen LogP contribution in [0.1, 0.15) is 28.6 Å². The number of hydrogen-bond donors (Lipinski definition) is 2. The second kappa shape index (κ2) is 5.98. The molecule has 1 aromatic heterocycles. The van der Waals surface area contributed by atoms with E-state index in [-0.39, 0.29) is 5.82 Å². The molecule has 1 unspecified atom stereocenters.